The number of rotatable bonds is 3. The molecule has 7 heteroatoms. The van der Waals surface area contributed by atoms with Gasteiger partial charge in [-0.2, -0.15) is 0 Å². The zero-order valence-electron chi connectivity index (χ0n) is 14.6. The Hall–Kier alpha value is -3.22. The normalized spacial score (nSPS) is 11.4. The molecule has 0 saturated heterocycles. The molecule has 1 aromatic heterocycles. The Morgan fingerprint density at radius 1 is 1.08 bits per heavy atom. The summed E-state index contributed by atoms with van der Waals surface area (Å²) < 4.78 is 17.9. The highest BCUT2D eigenvalue weighted by atomic mass is 19.1. The van der Waals surface area contributed by atoms with Gasteiger partial charge in [0.05, 0.1) is 11.0 Å². The van der Waals surface area contributed by atoms with Gasteiger partial charge in [0, 0.05) is 17.2 Å². The van der Waals surface area contributed by atoms with Crippen LogP contribution in [-0.2, 0) is 0 Å². The minimum absolute atomic E-state index is 0.163. The molecule has 2 aromatic carbocycles. The van der Waals surface area contributed by atoms with Gasteiger partial charge in [0.15, 0.2) is 5.82 Å². The number of hydrogen-bond acceptors (Lipinski definition) is 5. The molecule has 26 heavy (non-hydrogen) atoms. The second kappa shape index (κ2) is 6.59. The number of hydrogen-bond donors (Lipinski definition) is 2. The number of fused-ring (bicyclic) bond motifs is 1. The molecule has 6 nitrogen and oxygen atoms in total. The van der Waals surface area contributed by atoms with Crippen LogP contribution in [0.15, 0.2) is 42.5 Å². The van der Waals surface area contributed by atoms with Crippen LogP contribution in [-0.4, -0.2) is 26.8 Å². The third-order valence-electron chi connectivity index (χ3n) is 3.45. The van der Waals surface area contributed by atoms with Crippen LogP contribution in [0, 0.1) is 5.82 Å². The maximum absolute atomic E-state index is 13.3. The van der Waals surface area contributed by atoms with Gasteiger partial charge in [-0.1, -0.05) is 0 Å². The van der Waals surface area contributed by atoms with E-state index in [1.165, 1.54) is 24.3 Å². The number of nitrogens with zero attached hydrogens (tertiary/aromatic N) is 2. The minimum atomic E-state index is -1.40. The lowest BCUT2D eigenvalue weighted by molar-refractivity contribution is 0.144. The van der Waals surface area contributed by atoms with Gasteiger partial charge in [0.2, 0.25) is 0 Å². The zero-order chi connectivity index (χ0) is 18.9. The van der Waals surface area contributed by atoms with Crippen molar-refractivity contribution in [2.75, 3.05) is 5.32 Å². The number of ether oxygens (including phenoxy) is 1. The Morgan fingerprint density at radius 3 is 2.38 bits per heavy atom. The first kappa shape index (κ1) is 17.6. The second-order valence-electron chi connectivity index (χ2n) is 6.82. The standard InChI is InChI=1S/C19H18FN3O3/c1-19(2,3)23-17-16(11-4-6-12(20)7-5-11)21-14-9-8-13(26-18(24)25)10-15(14)22-17/h4-10H,1-3H3,(H,22,23)(H,24,25). The average molecular weight is 355 g/mol. The fourth-order valence-electron chi connectivity index (χ4n) is 2.45. The highest BCUT2D eigenvalue weighted by Crippen LogP contribution is 2.30. The molecule has 0 fully saturated rings. The lowest BCUT2D eigenvalue weighted by atomic mass is 10.1. The van der Waals surface area contributed by atoms with E-state index in [9.17, 15) is 9.18 Å². The fourth-order valence-corrected chi connectivity index (χ4v) is 2.45. The summed E-state index contributed by atoms with van der Waals surface area (Å²) in [4.78, 5) is 19.9. The number of anilines is 1. The first-order chi connectivity index (χ1) is 12.2. The van der Waals surface area contributed by atoms with E-state index in [1.807, 2.05) is 20.8 Å². The summed E-state index contributed by atoms with van der Waals surface area (Å²) in [7, 11) is 0. The SMILES string of the molecule is CC(C)(C)Nc1nc2cc(OC(=O)O)ccc2nc1-c1ccc(F)cc1. The van der Waals surface area contributed by atoms with Crippen LogP contribution in [0.4, 0.5) is 15.0 Å². The number of nitrogens with one attached hydrogen (secondary N) is 1. The molecule has 1 heterocycles. The molecule has 2 N–H and O–H groups in total. The van der Waals surface area contributed by atoms with Crippen LogP contribution in [0.5, 0.6) is 5.75 Å². The van der Waals surface area contributed by atoms with Gasteiger partial charge in [0.1, 0.15) is 17.3 Å². The summed E-state index contributed by atoms with van der Waals surface area (Å²) in [5, 5.41) is 12.1. The Morgan fingerprint density at radius 2 is 1.77 bits per heavy atom. The Kier molecular flexibility index (Phi) is 4.46. The van der Waals surface area contributed by atoms with E-state index in [4.69, 9.17) is 5.11 Å². The third-order valence-corrected chi connectivity index (χ3v) is 3.45. The fraction of sp³-hybridized carbons (Fsp3) is 0.211. The van der Waals surface area contributed by atoms with Gasteiger partial charge < -0.3 is 15.2 Å². The molecule has 0 radical (unpaired) electrons. The summed E-state index contributed by atoms with van der Waals surface area (Å²) in [6.07, 6.45) is -1.40. The number of benzene rings is 2. The topological polar surface area (TPSA) is 84.3 Å². The molecule has 0 atom stereocenters. The molecule has 0 saturated carbocycles. The second-order valence-corrected chi connectivity index (χ2v) is 6.82. The van der Waals surface area contributed by atoms with E-state index in [0.717, 1.165) is 5.56 Å². The van der Waals surface area contributed by atoms with Crippen molar-refractivity contribution >= 4 is 23.0 Å². The van der Waals surface area contributed by atoms with Crippen molar-refractivity contribution in [3.63, 3.8) is 0 Å². The van der Waals surface area contributed by atoms with Crippen molar-refractivity contribution in [2.24, 2.45) is 0 Å². The first-order valence-corrected chi connectivity index (χ1v) is 7.98. The van der Waals surface area contributed by atoms with Gasteiger partial charge in [-0.3, -0.25) is 0 Å². The van der Waals surface area contributed by atoms with Crippen molar-refractivity contribution in [1.29, 1.82) is 0 Å². The van der Waals surface area contributed by atoms with Crippen molar-refractivity contribution < 1.29 is 19.0 Å². The van der Waals surface area contributed by atoms with Crippen molar-refractivity contribution in [2.45, 2.75) is 26.3 Å². The van der Waals surface area contributed by atoms with Gasteiger partial charge in [-0.25, -0.2) is 19.2 Å². The predicted octanol–water partition coefficient (Wildman–Crippen LogP) is 4.70. The van der Waals surface area contributed by atoms with Crippen molar-refractivity contribution in [3.05, 3.63) is 48.3 Å². The molecule has 0 aliphatic carbocycles. The molecule has 134 valence electrons. The van der Waals surface area contributed by atoms with E-state index < -0.39 is 6.16 Å². The number of carbonyl (C=O) groups is 1. The Bertz CT molecular complexity index is 966. The molecule has 0 spiro atoms. The molecular weight excluding hydrogens is 337 g/mol. The Labute approximate surface area is 149 Å². The predicted molar refractivity (Wildman–Crippen MR) is 97.0 cm³/mol. The molecule has 3 rings (SSSR count). The minimum Gasteiger partial charge on any atom is -0.449 e. The average Bonchev–Trinajstić information content (AvgIpc) is 2.53. The third kappa shape index (κ3) is 4.05. The van der Waals surface area contributed by atoms with Gasteiger partial charge >= 0.3 is 6.16 Å². The van der Waals surface area contributed by atoms with E-state index in [-0.39, 0.29) is 17.1 Å². The number of halogens is 1. The van der Waals surface area contributed by atoms with Crippen LogP contribution >= 0.6 is 0 Å². The summed E-state index contributed by atoms with van der Waals surface area (Å²) in [6.45, 7) is 5.95. The molecular formula is C19H18FN3O3. The number of carboxylic acid groups (broad SMARTS) is 1. The highest BCUT2D eigenvalue weighted by Gasteiger charge is 2.17. The molecule has 3 aromatic rings. The summed E-state index contributed by atoms with van der Waals surface area (Å²) in [5.41, 5.74) is 2.08. The lowest BCUT2D eigenvalue weighted by Gasteiger charge is -2.23. The quantitative estimate of drug-likeness (QED) is 0.523. The van der Waals surface area contributed by atoms with Crippen molar-refractivity contribution in [3.8, 4) is 17.0 Å². The monoisotopic (exact) mass is 355 g/mol. The molecule has 0 unspecified atom stereocenters. The zero-order valence-corrected chi connectivity index (χ0v) is 14.6. The lowest BCUT2D eigenvalue weighted by Crippen LogP contribution is -2.27. The van der Waals surface area contributed by atoms with Crippen LogP contribution in [0.1, 0.15) is 20.8 Å². The van der Waals surface area contributed by atoms with E-state index in [0.29, 0.717) is 22.5 Å². The molecule has 0 aliphatic heterocycles. The van der Waals surface area contributed by atoms with Crippen LogP contribution < -0.4 is 10.1 Å². The number of aromatic nitrogens is 2. The van der Waals surface area contributed by atoms with Gasteiger partial charge in [-0.05, 0) is 57.2 Å². The summed E-state index contributed by atoms with van der Waals surface area (Å²) in [5.74, 6) is 0.350. The first-order valence-electron chi connectivity index (χ1n) is 7.98. The molecule has 0 aliphatic rings. The van der Waals surface area contributed by atoms with Crippen LogP contribution in [0.3, 0.4) is 0 Å². The van der Waals surface area contributed by atoms with Crippen molar-refractivity contribution in [1.82, 2.24) is 9.97 Å². The van der Waals surface area contributed by atoms with E-state index in [1.54, 1.807) is 18.2 Å². The van der Waals surface area contributed by atoms with Gasteiger partial charge in [0.25, 0.3) is 0 Å². The maximum atomic E-state index is 13.3. The summed E-state index contributed by atoms with van der Waals surface area (Å²) >= 11 is 0. The maximum Gasteiger partial charge on any atom is 0.511 e. The smallest absolute Gasteiger partial charge is 0.449 e. The van der Waals surface area contributed by atoms with E-state index in [2.05, 4.69) is 20.0 Å². The Balaban J connectivity index is 2.16. The van der Waals surface area contributed by atoms with Gasteiger partial charge in [-0.15, -0.1) is 0 Å². The molecule has 0 bridgehead atoms. The van der Waals surface area contributed by atoms with E-state index >= 15 is 0 Å². The molecule has 0 amide bonds. The highest BCUT2D eigenvalue weighted by molar-refractivity contribution is 5.84. The van der Waals surface area contributed by atoms with Crippen LogP contribution in [0.2, 0.25) is 0 Å². The van der Waals surface area contributed by atoms with Crippen LogP contribution in [0.25, 0.3) is 22.3 Å². The summed E-state index contributed by atoms with van der Waals surface area (Å²) in [6, 6.07) is 10.7. The largest absolute Gasteiger partial charge is 0.511 e.